The molecule has 1 aromatic heterocycles. The molecule has 1 aliphatic rings. The van der Waals surface area contributed by atoms with Crippen LogP contribution in [0, 0.1) is 0 Å². The highest BCUT2D eigenvalue weighted by Gasteiger charge is 2.28. The number of carbonyl (C=O) groups excluding carboxylic acids is 1. The summed E-state index contributed by atoms with van der Waals surface area (Å²) in [5.74, 6) is 0.258. The number of benzene rings is 2. The van der Waals surface area contributed by atoms with Crippen molar-refractivity contribution in [3.63, 3.8) is 0 Å². The summed E-state index contributed by atoms with van der Waals surface area (Å²) in [6, 6.07) is 16.8. The van der Waals surface area contributed by atoms with E-state index < -0.39 is 11.9 Å². The van der Waals surface area contributed by atoms with Crippen LogP contribution in [-0.4, -0.2) is 50.8 Å². The molecule has 8 nitrogen and oxygen atoms in total. The van der Waals surface area contributed by atoms with Crippen LogP contribution in [0.15, 0.2) is 54.6 Å². The van der Waals surface area contributed by atoms with Crippen molar-refractivity contribution in [3.8, 4) is 5.75 Å². The number of likely N-dealkylation sites (N-methyl/N-ethyl adjacent to an activating group) is 1. The van der Waals surface area contributed by atoms with Gasteiger partial charge in [-0.3, -0.25) is 4.79 Å². The number of aromatic nitrogens is 4. The Morgan fingerprint density at radius 3 is 2.79 bits per heavy atom. The Morgan fingerprint density at radius 1 is 1.21 bits per heavy atom. The lowest BCUT2D eigenvalue weighted by Crippen LogP contribution is -2.48. The molecular weight excluding hydrogens is 376 g/mol. The number of hydrogen-bond acceptors (Lipinski definition) is 6. The number of thiocarbonyl (C=S) groups is 1. The monoisotopic (exact) mass is 394 g/mol. The Kier molecular flexibility index (Phi) is 4.98. The van der Waals surface area contributed by atoms with Crippen molar-refractivity contribution in [2.75, 3.05) is 18.6 Å². The lowest BCUT2D eigenvalue weighted by molar-refractivity contribution is 0.0927. The minimum Gasteiger partial charge on any atom is -0.489 e. The first-order chi connectivity index (χ1) is 13.6. The molecule has 2 heterocycles. The predicted octanol–water partition coefficient (Wildman–Crippen LogP) is 1.68. The minimum atomic E-state index is -0.485. The molecular formula is C19H18N6O2S. The van der Waals surface area contributed by atoms with Gasteiger partial charge in [-0.05, 0) is 22.9 Å². The standard InChI is InChI=1S/C19H18N6O2S/c1-24-15-9-5-6-10-16(15)27-12-14(19(24)28)20-18(26)17-21-23-25(22-17)11-13-7-3-2-4-8-13/h2-10,14H,11-12H2,1H3,(H,20,26). The molecule has 28 heavy (non-hydrogen) atoms. The normalized spacial score (nSPS) is 16.1. The van der Waals surface area contributed by atoms with Gasteiger partial charge in [0.1, 0.15) is 23.4 Å². The highest BCUT2D eigenvalue weighted by atomic mass is 32.1. The highest BCUT2D eigenvalue weighted by molar-refractivity contribution is 7.80. The third-order valence-corrected chi connectivity index (χ3v) is 4.95. The van der Waals surface area contributed by atoms with Gasteiger partial charge in [-0.25, -0.2) is 0 Å². The van der Waals surface area contributed by atoms with Crippen LogP contribution in [0.2, 0.25) is 0 Å². The molecule has 3 aromatic rings. The van der Waals surface area contributed by atoms with E-state index in [2.05, 4.69) is 20.7 Å². The summed E-state index contributed by atoms with van der Waals surface area (Å²) in [5.41, 5.74) is 1.88. The van der Waals surface area contributed by atoms with Crippen LogP contribution in [0.4, 0.5) is 5.69 Å². The topological polar surface area (TPSA) is 85.2 Å². The molecule has 0 radical (unpaired) electrons. The molecule has 9 heteroatoms. The minimum absolute atomic E-state index is 0.0110. The largest absolute Gasteiger partial charge is 0.489 e. The Hall–Kier alpha value is -3.33. The molecule has 0 aliphatic carbocycles. The number of ether oxygens (including phenoxy) is 1. The van der Waals surface area contributed by atoms with Crippen molar-refractivity contribution in [3.05, 3.63) is 66.0 Å². The number of hydrogen-bond donors (Lipinski definition) is 1. The van der Waals surface area contributed by atoms with Crippen molar-refractivity contribution in [2.24, 2.45) is 0 Å². The number of nitrogens with one attached hydrogen (secondary N) is 1. The van der Waals surface area contributed by atoms with E-state index in [1.54, 1.807) is 0 Å². The molecule has 1 N–H and O–H groups in total. The zero-order valence-corrected chi connectivity index (χ0v) is 16.0. The van der Waals surface area contributed by atoms with Crippen LogP contribution in [0.1, 0.15) is 16.2 Å². The first-order valence-electron chi connectivity index (χ1n) is 8.74. The number of carbonyl (C=O) groups is 1. The van der Waals surface area contributed by atoms with Crippen molar-refractivity contribution >= 4 is 28.8 Å². The maximum absolute atomic E-state index is 12.6. The number of rotatable bonds is 4. The summed E-state index contributed by atoms with van der Waals surface area (Å²) >= 11 is 5.54. The van der Waals surface area contributed by atoms with E-state index in [9.17, 15) is 4.79 Å². The maximum atomic E-state index is 12.6. The molecule has 1 atom stereocenters. The van der Waals surface area contributed by atoms with Crippen molar-refractivity contribution < 1.29 is 9.53 Å². The lowest BCUT2D eigenvalue weighted by Gasteiger charge is -2.23. The SMILES string of the molecule is CN1C(=S)C(NC(=O)c2nnn(Cc3ccccc3)n2)COc2ccccc21. The van der Waals surface area contributed by atoms with Crippen LogP contribution in [0.25, 0.3) is 0 Å². The Bertz CT molecular complexity index is 1010. The van der Waals surface area contributed by atoms with Gasteiger partial charge in [-0.15, -0.1) is 10.2 Å². The second-order valence-electron chi connectivity index (χ2n) is 6.33. The van der Waals surface area contributed by atoms with Crippen LogP contribution in [0.5, 0.6) is 5.75 Å². The quantitative estimate of drug-likeness (QED) is 0.674. The second kappa shape index (κ2) is 7.73. The Morgan fingerprint density at radius 2 is 1.96 bits per heavy atom. The lowest BCUT2D eigenvalue weighted by atomic mass is 10.2. The fraction of sp³-hybridized carbons (Fsp3) is 0.211. The third-order valence-electron chi connectivity index (χ3n) is 4.39. The van der Waals surface area contributed by atoms with Gasteiger partial charge >= 0.3 is 0 Å². The first kappa shape index (κ1) is 18.1. The van der Waals surface area contributed by atoms with Crippen LogP contribution in [-0.2, 0) is 6.54 Å². The zero-order chi connectivity index (χ0) is 19.5. The van der Waals surface area contributed by atoms with Gasteiger partial charge < -0.3 is 15.0 Å². The van der Waals surface area contributed by atoms with E-state index in [0.717, 1.165) is 17.0 Å². The van der Waals surface area contributed by atoms with E-state index >= 15 is 0 Å². The van der Waals surface area contributed by atoms with Crippen LogP contribution >= 0.6 is 12.2 Å². The van der Waals surface area contributed by atoms with Crippen molar-refractivity contribution in [1.82, 2.24) is 25.5 Å². The molecule has 1 aliphatic heterocycles. The number of tetrazole rings is 1. The molecule has 1 amide bonds. The van der Waals surface area contributed by atoms with Gasteiger partial charge in [0.25, 0.3) is 11.7 Å². The van der Waals surface area contributed by atoms with Crippen molar-refractivity contribution in [2.45, 2.75) is 12.6 Å². The fourth-order valence-corrected chi connectivity index (χ4v) is 3.15. The molecule has 2 aromatic carbocycles. The van der Waals surface area contributed by atoms with Gasteiger partial charge in [-0.2, -0.15) is 4.80 Å². The Labute approximate surface area is 167 Å². The van der Waals surface area contributed by atoms with E-state index in [0.29, 0.717) is 11.5 Å². The second-order valence-corrected chi connectivity index (χ2v) is 6.75. The number of para-hydroxylation sites is 2. The summed E-state index contributed by atoms with van der Waals surface area (Å²) in [4.78, 5) is 16.4. The number of fused-ring (bicyclic) bond motifs is 1. The Balaban J connectivity index is 1.45. The van der Waals surface area contributed by atoms with Gasteiger partial charge in [0.2, 0.25) is 0 Å². The third kappa shape index (κ3) is 3.70. The first-order valence-corrected chi connectivity index (χ1v) is 9.14. The summed E-state index contributed by atoms with van der Waals surface area (Å²) in [7, 11) is 1.85. The molecule has 4 rings (SSSR count). The van der Waals surface area contributed by atoms with Gasteiger partial charge in [0.05, 0.1) is 12.2 Å². The van der Waals surface area contributed by atoms with Gasteiger partial charge in [-0.1, -0.05) is 54.7 Å². The number of nitrogens with zero attached hydrogens (tertiary/aromatic N) is 5. The molecule has 0 saturated heterocycles. The molecule has 0 bridgehead atoms. The molecule has 142 valence electrons. The number of amides is 1. The summed E-state index contributed by atoms with van der Waals surface area (Å²) in [6.45, 7) is 0.661. The van der Waals surface area contributed by atoms with Crippen LogP contribution < -0.4 is 15.0 Å². The van der Waals surface area contributed by atoms with Crippen LogP contribution in [0.3, 0.4) is 0 Å². The summed E-state index contributed by atoms with van der Waals surface area (Å²) in [6.07, 6.45) is 0. The highest BCUT2D eigenvalue weighted by Crippen LogP contribution is 2.30. The smallest absolute Gasteiger partial charge is 0.293 e. The van der Waals surface area contributed by atoms with Gasteiger partial charge in [0.15, 0.2) is 0 Å². The van der Waals surface area contributed by atoms with E-state index in [-0.39, 0.29) is 12.4 Å². The average molecular weight is 394 g/mol. The summed E-state index contributed by atoms with van der Waals surface area (Å²) in [5, 5.41) is 14.8. The molecule has 0 fully saturated rings. The average Bonchev–Trinajstić information content (AvgIpc) is 3.15. The maximum Gasteiger partial charge on any atom is 0.293 e. The summed E-state index contributed by atoms with van der Waals surface area (Å²) < 4.78 is 5.82. The molecule has 1 unspecified atom stereocenters. The fourth-order valence-electron chi connectivity index (χ4n) is 2.93. The van der Waals surface area contributed by atoms with Gasteiger partial charge in [0, 0.05) is 7.05 Å². The molecule has 0 spiro atoms. The molecule has 0 saturated carbocycles. The van der Waals surface area contributed by atoms with E-state index in [4.69, 9.17) is 17.0 Å². The zero-order valence-electron chi connectivity index (χ0n) is 15.1. The number of anilines is 1. The van der Waals surface area contributed by atoms with E-state index in [1.807, 2.05) is 66.5 Å². The van der Waals surface area contributed by atoms with Crippen molar-refractivity contribution in [1.29, 1.82) is 0 Å². The van der Waals surface area contributed by atoms with E-state index in [1.165, 1.54) is 4.80 Å². The predicted molar refractivity (Wildman–Crippen MR) is 108 cm³/mol.